The predicted octanol–water partition coefficient (Wildman–Crippen LogP) is 3.73. The van der Waals surface area contributed by atoms with Gasteiger partial charge in [0.2, 0.25) is 5.91 Å². The van der Waals surface area contributed by atoms with Crippen molar-refractivity contribution in [1.29, 1.82) is 0 Å². The number of carbonyl (C=O) groups excluding carboxylic acids is 1. The molecule has 1 aromatic heterocycles. The standard InChI is InChI=1S/C19H19N3OS/c1-15-20-17(14-24-15)12-19(23)21-22(18-10-6-3-7-11-18)13-16-8-4-2-5-9-16/h2-11,14H,12-13H2,1H3,(H,21,23). The third kappa shape index (κ3) is 4.43. The summed E-state index contributed by atoms with van der Waals surface area (Å²) < 4.78 is 0. The highest BCUT2D eigenvalue weighted by atomic mass is 32.1. The Morgan fingerprint density at radius 1 is 1.08 bits per heavy atom. The first-order chi connectivity index (χ1) is 11.7. The van der Waals surface area contributed by atoms with E-state index in [1.54, 1.807) is 11.3 Å². The lowest BCUT2D eigenvalue weighted by atomic mass is 10.2. The van der Waals surface area contributed by atoms with Gasteiger partial charge in [0.1, 0.15) is 0 Å². The van der Waals surface area contributed by atoms with Crippen molar-refractivity contribution in [3.8, 4) is 0 Å². The third-order valence-corrected chi connectivity index (χ3v) is 4.34. The summed E-state index contributed by atoms with van der Waals surface area (Å²) in [5, 5.41) is 4.78. The first kappa shape index (κ1) is 16.2. The van der Waals surface area contributed by atoms with Gasteiger partial charge in [0.05, 0.1) is 29.4 Å². The molecule has 0 saturated carbocycles. The summed E-state index contributed by atoms with van der Waals surface area (Å²) in [5.41, 5.74) is 5.89. The van der Waals surface area contributed by atoms with Crippen LogP contribution in [0, 0.1) is 6.92 Å². The predicted molar refractivity (Wildman–Crippen MR) is 97.8 cm³/mol. The van der Waals surface area contributed by atoms with Crippen molar-refractivity contribution >= 4 is 22.9 Å². The van der Waals surface area contributed by atoms with Crippen LogP contribution >= 0.6 is 11.3 Å². The molecular weight excluding hydrogens is 318 g/mol. The molecule has 0 unspecified atom stereocenters. The number of carbonyl (C=O) groups is 1. The molecular formula is C19H19N3OS. The molecule has 3 aromatic rings. The number of aromatic nitrogens is 1. The minimum Gasteiger partial charge on any atom is -0.281 e. The highest BCUT2D eigenvalue weighted by molar-refractivity contribution is 7.09. The van der Waals surface area contributed by atoms with Gasteiger partial charge in [-0.05, 0) is 24.6 Å². The molecule has 0 fully saturated rings. The number of amides is 1. The van der Waals surface area contributed by atoms with Crippen molar-refractivity contribution in [3.63, 3.8) is 0 Å². The Bertz CT molecular complexity index is 787. The van der Waals surface area contributed by atoms with Crippen LogP contribution in [-0.2, 0) is 17.8 Å². The van der Waals surface area contributed by atoms with Crippen LogP contribution in [0.1, 0.15) is 16.3 Å². The topological polar surface area (TPSA) is 45.2 Å². The van der Waals surface area contributed by atoms with E-state index < -0.39 is 0 Å². The van der Waals surface area contributed by atoms with Crippen molar-refractivity contribution in [2.24, 2.45) is 0 Å². The second-order valence-electron chi connectivity index (χ2n) is 5.48. The van der Waals surface area contributed by atoms with E-state index in [9.17, 15) is 4.79 Å². The van der Waals surface area contributed by atoms with Crippen molar-refractivity contribution in [2.45, 2.75) is 19.9 Å². The molecule has 5 heteroatoms. The summed E-state index contributed by atoms with van der Waals surface area (Å²) in [7, 11) is 0. The molecule has 0 bridgehead atoms. The largest absolute Gasteiger partial charge is 0.281 e. The molecule has 24 heavy (non-hydrogen) atoms. The van der Waals surface area contributed by atoms with Gasteiger partial charge in [0.25, 0.3) is 0 Å². The maximum absolute atomic E-state index is 12.4. The zero-order valence-corrected chi connectivity index (χ0v) is 14.3. The summed E-state index contributed by atoms with van der Waals surface area (Å²) >= 11 is 1.56. The van der Waals surface area contributed by atoms with E-state index in [0.29, 0.717) is 6.54 Å². The maximum atomic E-state index is 12.4. The molecule has 122 valence electrons. The smallest absolute Gasteiger partial charge is 0.244 e. The molecule has 3 rings (SSSR count). The molecule has 0 aliphatic rings. The fourth-order valence-electron chi connectivity index (χ4n) is 2.41. The fourth-order valence-corrected chi connectivity index (χ4v) is 3.03. The Balaban J connectivity index is 1.73. The SMILES string of the molecule is Cc1nc(CC(=O)NN(Cc2ccccc2)c2ccccc2)cs1. The first-order valence-corrected chi connectivity index (χ1v) is 8.65. The van der Waals surface area contributed by atoms with Crippen molar-refractivity contribution in [1.82, 2.24) is 10.4 Å². The van der Waals surface area contributed by atoms with Gasteiger partial charge in [-0.2, -0.15) is 0 Å². The van der Waals surface area contributed by atoms with Gasteiger partial charge < -0.3 is 0 Å². The van der Waals surface area contributed by atoms with E-state index in [0.717, 1.165) is 22.0 Å². The number of rotatable bonds is 6. The molecule has 0 aliphatic carbocycles. The van der Waals surface area contributed by atoms with Gasteiger partial charge in [-0.1, -0.05) is 48.5 Å². The zero-order chi connectivity index (χ0) is 16.8. The number of nitrogens with zero attached hydrogens (tertiary/aromatic N) is 2. The number of nitrogens with one attached hydrogen (secondary N) is 1. The number of benzene rings is 2. The number of para-hydroxylation sites is 1. The average Bonchev–Trinajstić information content (AvgIpc) is 3.01. The van der Waals surface area contributed by atoms with Crippen LogP contribution in [0.15, 0.2) is 66.0 Å². The number of thiazole rings is 1. The lowest BCUT2D eigenvalue weighted by Gasteiger charge is -2.25. The summed E-state index contributed by atoms with van der Waals surface area (Å²) in [6.07, 6.45) is 0.280. The van der Waals surface area contributed by atoms with Crippen LogP contribution in [0.25, 0.3) is 0 Å². The Labute approximate surface area is 145 Å². The fraction of sp³-hybridized carbons (Fsp3) is 0.158. The van der Waals surface area contributed by atoms with Crippen LogP contribution in [0.4, 0.5) is 5.69 Å². The van der Waals surface area contributed by atoms with E-state index in [1.807, 2.05) is 78.0 Å². The lowest BCUT2D eigenvalue weighted by Crippen LogP contribution is -2.42. The molecule has 1 amide bonds. The highest BCUT2D eigenvalue weighted by Gasteiger charge is 2.12. The maximum Gasteiger partial charge on any atom is 0.244 e. The second kappa shape index (κ2) is 7.75. The normalized spacial score (nSPS) is 10.4. The average molecular weight is 337 g/mol. The van der Waals surface area contributed by atoms with Gasteiger partial charge in [-0.15, -0.1) is 11.3 Å². The molecule has 1 N–H and O–H groups in total. The van der Waals surface area contributed by atoms with E-state index in [4.69, 9.17) is 0 Å². The molecule has 0 saturated heterocycles. The van der Waals surface area contributed by atoms with E-state index in [2.05, 4.69) is 10.4 Å². The Kier molecular flexibility index (Phi) is 5.23. The van der Waals surface area contributed by atoms with Gasteiger partial charge >= 0.3 is 0 Å². The molecule has 2 aromatic carbocycles. The molecule has 1 heterocycles. The number of aryl methyl sites for hydroxylation is 1. The van der Waals surface area contributed by atoms with Crippen LogP contribution < -0.4 is 10.4 Å². The van der Waals surface area contributed by atoms with Crippen molar-refractivity contribution < 1.29 is 4.79 Å². The van der Waals surface area contributed by atoms with Crippen LogP contribution in [-0.4, -0.2) is 10.9 Å². The van der Waals surface area contributed by atoms with Crippen LogP contribution in [0.5, 0.6) is 0 Å². The second-order valence-corrected chi connectivity index (χ2v) is 6.54. The number of hydrogen-bond acceptors (Lipinski definition) is 4. The van der Waals surface area contributed by atoms with E-state index in [-0.39, 0.29) is 12.3 Å². The molecule has 0 spiro atoms. The summed E-state index contributed by atoms with van der Waals surface area (Å²) in [4.78, 5) is 16.8. The molecule has 4 nitrogen and oxygen atoms in total. The summed E-state index contributed by atoms with van der Waals surface area (Å²) in [6.45, 7) is 2.55. The minimum absolute atomic E-state index is 0.0694. The lowest BCUT2D eigenvalue weighted by molar-refractivity contribution is -0.120. The Morgan fingerprint density at radius 3 is 2.38 bits per heavy atom. The Morgan fingerprint density at radius 2 is 1.75 bits per heavy atom. The minimum atomic E-state index is -0.0694. The number of hydrazine groups is 1. The van der Waals surface area contributed by atoms with Gasteiger partial charge in [-0.25, -0.2) is 4.98 Å². The summed E-state index contributed by atoms with van der Waals surface area (Å²) in [5.74, 6) is -0.0694. The van der Waals surface area contributed by atoms with Gasteiger partial charge in [0.15, 0.2) is 0 Å². The van der Waals surface area contributed by atoms with Gasteiger partial charge in [-0.3, -0.25) is 15.2 Å². The third-order valence-electron chi connectivity index (χ3n) is 3.52. The first-order valence-electron chi connectivity index (χ1n) is 7.78. The Hall–Kier alpha value is -2.66. The highest BCUT2D eigenvalue weighted by Crippen LogP contribution is 2.15. The van der Waals surface area contributed by atoms with Gasteiger partial charge in [0, 0.05) is 5.38 Å². The van der Waals surface area contributed by atoms with E-state index >= 15 is 0 Å². The monoisotopic (exact) mass is 337 g/mol. The summed E-state index contributed by atoms with van der Waals surface area (Å²) in [6, 6.07) is 19.9. The van der Waals surface area contributed by atoms with Crippen molar-refractivity contribution in [3.05, 3.63) is 82.3 Å². The zero-order valence-electron chi connectivity index (χ0n) is 13.5. The van der Waals surface area contributed by atoms with E-state index in [1.165, 1.54) is 0 Å². The number of anilines is 1. The number of hydrogen-bond donors (Lipinski definition) is 1. The molecule has 0 aliphatic heterocycles. The molecule has 0 radical (unpaired) electrons. The molecule has 0 atom stereocenters. The van der Waals surface area contributed by atoms with Crippen molar-refractivity contribution in [2.75, 3.05) is 5.01 Å². The van der Waals surface area contributed by atoms with Crippen LogP contribution in [0.3, 0.4) is 0 Å². The van der Waals surface area contributed by atoms with Crippen LogP contribution in [0.2, 0.25) is 0 Å². The quantitative estimate of drug-likeness (QED) is 0.697.